The van der Waals surface area contributed by atoms with Crippen LogP contribution in [-0.4, -0.2) is 12.9 Å². The molecule has 0 radical (unpaired) electrons. The molecule has 1 aromatic rings. The molecular weight excluding hydrogens is 212 g/mol. The Hall–Kier alpha value is -1.31. The number of ketones is 1. The van der Waals surface area contributed by atoms with E-state index in [2.05, 4.69) is 20.8 Å². The zero-order valence-electron chi connectivity index (χ0n) is 11.3. The van der Waals surface area contributed by atoms with Crippen molar-refractivity contribution in [2.24, 2.45) is 5.92 Å². The zero-order chi connectivity index (χ0) is 12.8. The lowest BCUT2D eigenvalue weighted by Gasteiger charge is -2.23. The number of fused-ring (bicyclic) bond motifs is 1. The summed E-state index contributed by atoms with van der Waals surface area (Å²) < 4.78 is 5.46. The van der Waals surface area contributed by atoms with Crippen LogP contribution in [0.15, 0.2) is 12.1 Å². The maximum atomic E-state index is 12.0. The Morgan fingerprint density at radius 3 is 2.47 bits per heavy atom. The van der Waals surface area contributed by atoms with Gasteiger partial charge in [0.25, 0.3) is 0 Å². The summed E-state index contributed by atoms with van der Waals surface area (Å²) >= 11 is 0. The first-order valence-corrected chi connectivity index (χ1v) is 6.10. The van der Waals surface area contributed by atoms with Crippen molar-refractivity contribution in [1.82, 2.24) is 0 Å². The SMILES string of the molecule is COc1cc2c(cc1C(C)(C)C)C(=O)[C@@H](C)C2. The molecule has 2 heteroatoms. The van der Waals surface area contributed by atoms with Crippen LogP contribution in [0.1, 0.15) is 49.2 Å². The number of ether oxygens (including phenoxy) is 1. The van der Waals surface area contributed by atoms with E-state index in [1.807, 2.05) is 19.1 Å². The molecule has 0 fully saturated rings. The van der Waals surface area contributed by atoms with Gasteiger partial charge in [-0.1, -0.05) is 27.7 Å². The maximum absolute atomic E-state index is 12.0. The average molecular weight is 232 g/mol. The van der Waals surface area contributed by atoms with Crippen LogP contribution in [0.3, 0.4) is 0 Å². The van der Waals surface area contributed by atoms with Crippen LogP contribution in [0, 0.1) is 5.92 Å². The molecule has 0 heterocycles. The zero-order valence-corrected chi connectivity index (χ0v) is 11.3. The van der Waals surface area contributed by atoms with Crippen LogP contribution in [0.2, 0.25) is 0 Å². The minimum absolute atomic E-state index is 0.00746. The molecule has 17 heavy (non-hydrogen) atoms. The highest BCUT2D eigenvalue weighted by Crippen LogP contribution is 2.37. The van der Waals surface area contributed by atoms with E-state index in [0.29, 0.717) is 0 Å². The van der Waals surface area contributed by atoms with E-state index in [4.69, 9.17) is 4.74 Å². The molecule has 0 aromatic heterocycles. The fraction of sp³-hybridized carbons (Fsp3) is 0.533. The lowest BCUT2D eigenvalue weighted by atomic mass is 9.84. The summed E-state index contributed by atoms with van der Waals surface area (Å²) in [5.74, 6) is 1.29. The van der Waals surface area contributed by atoms with Crippen molar-refractivity contribution >= 4 is 5.78 Å². The van der Waals surface area contributed by atoms with Crippen molar-refractivity contribution in [3.8, 4) is 5.75 Å². The van der Waals surface area contributed by atoms with Crippen LogP contribution in [-0.2, 0) is 11.8 Å². The van der Waals surface area contributed by atoms with Gasteiger partial charge >= 0.3 is 0 Å². The molecule has 0 saturated carbocycles. The van der Waals surface area contributed by atoms with E-state index in [1.54, 1.807) is 7.11 Å². The van der Waals surface area contributed by atoms with Crippen molar-refractivity contribution in [3.05, 3.63) is 28.8 Å². The first kappa shape index (κ1) is 12.2. The highest BCUT2D eigenvalue weighted by molar-refractivity contribution is 6.02. The van der Waals surface area contributed by atoms with Gasteiger partial charge in [0.1, 0.15) is 5.75 Å². The first-order valence-electron chi connectivity index (χ1n) is 6.10. The van der Waals surface area contributed by atoms with Gasteiger partial charge < -0.3 is 4.74 Å². The first-order chi connectivity index (χ1) is 7.84. The summed E-state index contributed by atoms with van der Waals surface area (Å²) in [6.07, 6.45) is 0.842. The number of hydrogen-bond donors (Lipinski definition) is 0. The van der Waals surface area contributed by atoms with Gasteiger partial charge in [-0.2, -0.15) is 0 Å². The Labute approximate surface area is 103 Å². The van der Waals surface area contributed by atoms with Crippen molar-refractivity contribution in [3.63, 3.8) is 0 Å². The molecule has 2 nitrogen and oxygen atoms in total. The Morgan fingerprint density at radius 1 is 1.29 bits per heavy atom. The molecule has 1 aliphatic rings. The minimum atomic E-state index is -0.00746. The lowest BCUT2D eigenvalue weighted by Crippen LogP contribution is -2.14. The smallest absolute Gasteiger partial charge is 0.166 e. The van der Waals surface area contributed by atoms with E-state index in [9.17, 15) is 4.79 Å². The van der Waals surface area contributed by atoms with E-state index < -0.39 is 0 Å². The molecule has 2 rings (SSSR count). The van der Waals surface area contributed by atoms with Crippen LogP contribution >= 0.6 is 0 Å². The second-order valence-electron chi connectivity index (χ2n) is 5.93. The van der Waals surface area contributed by atoms with E-state index >= 15 is 0 Å². The minimum Gasteiger partial charge on any atom is -0.496 e. The molecule has 0 aliphatic heterocycles. The quantitative estimate of drug-likeness (QED) is 0.742. The largest absolute Gasteiger partial charge is 0.496 e. The average Bonchev–Trinajstić information content (AvgIpc) is 2.51. The van der Waals surface area contributed by atoms with Gasteiger partial charge in [-0.3, -0.25) is 4.79 Å². The summed E-state index contributed by atoms with van der Waals surface area (Å²) in [6, 6.07) is 4.07. The van der Waals surface area contributed by atoms with Crippen molar-refractivity contribution in [2.75, 3.05) is 7.11 Å². The van der Waals surface area contributed by atoms with E-state index in [-0.39, 0.29) is 17.1 Å². The van der Waals surface area contributed by atoms with Crippen molar-refractivity contribution < 1.29 is 9.53 Å². The number of Topliss-reactive ketones (excluding diaryl/α,β-unsaturated/α-hetero) is 1. The van der Waals surface area contributed by atoms with Crippen LogP contribution in [0.25, 0.3) is 0 Å². The molecule has 0 bridgehead atoms. The summed E-state index contributed by atoms with van der Waals surface area (Å²) in [6.45, 7) is 8.41. The van der Waals surface area contributed by atoms with E-state index in [1.165, 1.54) is 0 Å². The number of methoxy groups -OCH3 is 1. The van der Waals surface area contributed by atoms with Crippen LogP contribution in [0.4, 0.5) is 0 Å². The van der Waals surface area contributed by atoms with Gasteiger partial charge in [0.2, 0.25) is 0 Å². The Kier molecular flexibility index (Phi) is 2.76. The number of rotatable bonds is 1. The van der Waals surface area contributed by atoms with Crippen LogP contribution < -0.4 is 4.74 Å². The fourth-order valence-electron chi connectivity index (χ4n) is 2.46. The van der Waals surface area contributed by atoms with Crippen LogP contribution in [0.5, 0.6) is 5.75 Å². The lowest BCUT2D eigenvalue weighted by molar-refractivity contribution is 0.0946. The molecule has 0 spiro atoms. The van der Waals surface area contributed by atoms with Gasteiger partial charge in [0.05, 0.1) is 7.11 Å². The molecule has 0 amide bonds. The van der Waals surface area contributed by atoms with Gasteiger partial charge in [0.15, 0.2) is 5.78 Å². The number of benzene rings is 1. The monoisotopic (exact) mass is 232 g/mol. The highest BCUT2D eigenvalue weighted by atomic mass is 16.5. The second kappa shape index (κ2) is 3.86. The Bertz CT molecular complexity index is 467. The number of carbonyl (C=O) groups is 1. The highest BCUT2D eigenvalue weighted by Gasteiger charge is 2.30. The summed E-state index contributed by atoms with van der Waals surface area (Å²) in [4.78, 5) is 12.0. The molecule has 1 atom stereocenters. The molecule has 0 unspecified atom stereocenters. The maximum Gasteiger partial charge on any atom is 0.166 e. The summed E-state index contributed by atoms with van der Waals surface area (Å²) in [5.41, 5.74) is 3.13. The third-order valence-corrected chi connectivity index (χ3v) is 3.47. The summed E-state index contributed by atoms with van der Waals surface area (Å²) in [5, 5.41) is 0. The molecule has 0 N–H and O–H groups in total. The molecule has 92 valence electrons. The second-order valence-corrected chi connectivity index (χ2v) is 5.93. The standard InChI is InChI=1S/C15H20O2/c1-9-6-10-7-13(17-5)12(15(2,3)4)8-11(10)14(9)16/h7-9H,6H2,1-5H3/t9-/m0/s1. The molecular formula is C15H20O2. The predicted octanol–water partition coefficient (Wildman–Crippen LogP) is 3.37. The Balaban J connectivity index is 2.61. The molecule has 1 aromatic carbocycles. The van der Waals surface area contributed by atoms with Gasteiger partial charge in [-0.15, -0.1) is 0 Å². The van der Waals surface area contributed by atoms with Gasteiger partial charge in [-0.05, 0) is 29.5 Å². The topological polar surface area (TPSA) is 26.3 Å². The predicted molar refractivity (Wildman–Crippen MR) is 68.9 cm³/mol. The fourth-order valence-corrected chi connectivity index (χ4v) is 2.46. The number of hydrogen-bond acceptors (Lipinski definition) is 2. The van der Waals surface area contributed by atoms with Gasteiger partial charge in [-0.25, -0.2) is 0 Å². The van der Waals surface area contributed by atoms with E-state index in [0.717, 1.165) is 28.9 Å². The third-order valence-electron chi connectivity index (χ3n) is 3.47. The third kappa shape index (κ3) is 1.97. The summed E-state index contributed by atoms with van der Waals surface area (Å²) in [7, 11) is 1.69. The van der Waals surface area contributed by atoms with Crippen molar-refractivity contribution in [2.45, 2.75) is 39.5 Å². The Morgan fingerprint density at radius 2 is 1.94 bits per heavy atom. The van der Waals surface area contributed by atoms with Gasteiger partial charge in [0, 0.05) is 17.0 Å². The normalized spacial score (nSPS) is 19.4. The molecule has 1 aliphatic carbocycles. The number of carbonyl (C=O) groups excluding carboxylic acids is 1. The molecule has 0 saturated heterocycles. The van der Waals surface area contributed by atoms with Crippen molar-refractivity contribution in [1.29, 1.82) is 0 Å².